The molecule has 0 aliphatic rings. The Morgan fingerprint density at radius 1 is 1.54 bits per heavy atom. The minimum Gasteiger partial charge on any atom is -0.354 e. The fraction of sp³-hybridized carbons (Fsp3) is 0. The standard InChI is InChI=1S/C8H5N2O2P/c11-4-5-1-2-7-6(3-5)8(10-13)9-12-7/h1-4,13H. The van der Waals surface area contributed by atoms with E-state index >= 15 is 0 Å². The second kappa shape index (κ2) is 3.07. The molecule has 1 aromatic carbocycles. The molecular formula is C8H5N2O2P. The van der Waals surface area contributed by atoms with Crippen LogP contribution in [0.1, 0.15) is 10.4 Å². The van der Waals surface area contributed by atoms with Gasteiger partial charge >= 0.3 is 0 Å². The third-order valence-electron chi connectivity index (χ3n) is 1.72. The maximum atomic E-state index is 10.5. The number of aromatic nitrogens is 1. The normalized spacial score (nSPS) is 10.2. The van der Waals surface area contributed by atoms with Crippen molar-refractivity contribution in [3.05, 3.63) is 23.8 Å². The van der Waals surface area contributed by atoms with Crippen LogP contribution >= 0.6 is 9.03 Å². The van der Waals surface area contributed by atoms with Crippen LogP contribution in [0.2, 0.25) is 0 Å². The van der Waals surface area contributed by atoms with Crippen molar-refractivity contribution in [1.29, 1.82) is 0 Å². The van der Waals surface area contributed by atoms with Crippen molar-refractivity contribution in [3.63, 3.8) is 0 Å². The number of carbonyl (C=O) groups is 1. The van der Waals surface area contributed by atoms with E-state index in [1.807, 2.05) is 0 Å². The molecule has 0 bridgehead atoms. The molecule has 0 spiro atoms. The smallest absolute Gasteiger partial charge is 0.206 e. The van der Waals surface area contributed by atoms with Gasteiger partial charge in [-0.25, -0.2) is 4.74 Å². The SMILES string of the molecule is O=Cc1ccc2onc(N=P)c2c1. The van der Waals surface area contributed by atoms with Gasteiger partial charge in [-0.05, 0) is 27.2 Å². The van der Waals surface area contributed by atoms with E-state index in [4.69, 9.17) is 4.52 Å². The number of hydrogen-bond donors (Lipinski definition) is 0. The van der Waals surface area contributed by atoms with E-state index in [-0.39, 0.29) is 0 Å². The van der Waals surface area contributed by atoms with Gasteiger partial charge in [0, 0.05) is 5.56 Å². The van der Waals surface area contributed by atoms with Gasteiger partial charge < -0.3 is 4.52 Å². The molecule has 0 N–H and O–H groups in total. The lowest BCUT2D eigenvalue weighted by Gasteiger charge is -1.88. The molecule has 64 valence electrons. The Balaban J connectivity index is 2.78. The van der Waals surface area contributed by atoms with Crippen LogP contribution in [0, 0.1) is 0 Å². The highest BCUT2D eigenvalue weighted by Gasteiger charge is 2.06. The predicted molar refractivity (Wildman–Crippen MR) is 49.8 cm³/mol. The Bertz CT molecular complexity index is 478. The van der Waals surface area contributed by atoms with E-state index in [2.05, 4.69) is 18.9 Å². The monoisotopic (exact) mass is 192 g/mol. The lowest BCUT2D eigenvalue weighted by atomic mass is 10.2. The number of hydrogen-bond acceptors (Lipinski definition) is 4. The summed E-state index contributed by atoms with van der Waals surface area (Å²) in [4.78, 5) is 10.5. The summed E-state index contributed by atoms with van der Waals surface area (Å²) < 4.78 is 8.67. The molecule has 0 aliphatic carbocycles. The van der Waals surface area contributed by atoms with Crippen LogP contribution < -0.4 is 0 Å². The lowest BCUT2D eigenvalue weighted by Crippen LogP contribution is -1.76. The fourth-order valence-electron chi connectivity index (χ4n) is 1.10. The highest BCUT2D eigenvalue weighted by Crippen LogP contribution is 2.26. The first-order valence-electron chi connectivity index (χ1n) is 3.57. The van der Waals surface area contributed by atoms with Gasteiger partial charge in [0.2, 0.25) is 5.82 Å². The average Bonchev–Trinajstić information content (AvgIpc) is 2.59. The van der Waals surface area contributed by atoms with Crippen LogP contribution in [0.4, 0.5) is 5.82 Å². The van der Waals surface area contributed by atoms with Gasteiger partial charge in [-0.1, -0.05) is 5.16 Å². The zero-order valence-corrected chi connectivity index (χ0v) is 7.52. The number of fused-ring (bicyclic) bond motifs is 1. The topological polar surface area (TPSA) is 55.5 Å². The molecule has 0 aliphatic heterocycles. The summed E-state index contributed by atoms with van der Waals surface area (Å²) in [5.74, 6) is 0.440. The molecule has 0 fully saturated rings. The van der Waals surface area contributed by atoms with Crippen molar-refractivity contribution in [2.24, 2.45) is 4.74 Å². The van der Waals surface area contributed by atoms with E-state index in [1.165, 1.54) is 0 Å². The third kappa shape index (κ3) is 1.25. The van der Waals surface area contributed by atoms with Crippen LogP contribution in [-0.4, -0.2) is 11.4 Å². The molecule has 2 rings (SSSR count). The first-order valence-corrected chi connectivity index (χ1v) is 4.02. The van der Waals surface area contributed by atoms with Crippen LogP contribution in [-0.2, 0) is 0 Å². The third-order valence-corrected chi connectivity index (χ3v) is 1.93. The Hall–Kier alpha value is -1.54. The van der Waals surface area contributed by atoms with Gasteiger partial charge in [-0.2, -0.15) is 0 Å². The van der Waals surface area contributed by atoms with Gasteiger partial charge in [0.1, 0.15) is 6.29 Å². The molecule has 4 nitrogen and oxygen atoms in total. The minimum atomic E-state index is 0.440. The van der Waals surface area contributed by atoms with Crippen molar-refractivity contribution in [2.45, 2.75) is 0 Å². The summed E-state index contributed by atoms with van der Waals surface area (Å²) in [5.41, 5.74) is 1.19. The summed E-state index contributed by atoms with van der Waals surface area (Å²) in [6.07, 6.45) is 0.768. The van der Waals surface area contributed by atoms with Gasteiger partial charge in [0.25, 0.3) is 0 Å². The summed E-state index contributed by atoms with van der Waals surface area (Å²) in [6, 6.07) is 5.03. The molecule has 0 radical (unpaired) electrons. The van der Waals surface area contributed by atoms with Crippen LogP contribution in [0.3, 0.4) is 0 Å². The Kier molecular flexibility index (Phi) is 1.91. The second-order valence-electron chi connectivity index (χ2n) is 2.49. The zero-order chi connectivity index (χ0) is 9.26. The summed E-state index contributed by atoms with van der Waals surface area (Å²) in [5, 5.41) is 4.40. The minimum absolute atomic E-state index is 0.440. The van der Waals surface area contributed by atoms with Gasteiger partial charge in [-0.15, -0.1) is 0 Å². The molecule has 0 atom stereocenters. The van der Waals surface area contributed by atoms with Crippen LogP contribution in [0.25, 0.3) is 11.0 Å². The van der Waals surface area contributed by atoms with Gasteiger partial charge in [-0.3, -0.25) is 4.79 Å². The molecule has 0 amide bonds. The van der Waals surface area contributed by atoms with Gasteiger partial charge in [0.15, 0.2) is 5.58 Å². The summed E-state index contributed by atoms with van der Waals surface area (Å²) in [7, 11) is 2.97. The fourth-order valence-corrected chi connectivity index (χ4v) is 1.26. The van der Waals surface area contributed by atoms with Crippen LogP contribution in [0.15, 0.2) is 27.5 Å². The van der Waals surface area contributed by atoms with Crippen LogP contribution in [0.5, 0.6) is 0 Å². The summed E-state index contributed by atoms with van der Waals surface area (Å²) >= 11 is 0. The first kappa shape index (κ1) is 8.08. The number of benzene rings is 1. The van der Waals surface area contributed by atoms with E-state index < -0.39 is 0 Å². The van der Waals surface area contributed by atoms with E-state index in [9.17, 15) is 4.79 Å². The predicted octanol–water partition coefficient (Wildman–Crippen LogP) is 2.60. The number of nitrogens with zero attached hydrogens (tertiary/aromatic N) is 2. The van der Waals surface area contributed by atoms with Gasteiger partial charge in [0.05, 0.1) is 5.39 Å². The Morgan fingerprint density at radius 3 is 3.08 bits per heavy atom. The molecule has 1 aromatic heterocycles. The molecule has 13 heavy (non-hydrogen) atoms. The molecule has 2 aromatic rings. The molecule has 0 unspecified atom stereocenters. The lowest BCUT2D eigenvalue weighted by molar-refractivity contribution is 0.112. The molecule has 0 saturated heterocycles. The number of rotatable bonds is 2. The quantitative estimate of drug-likeness (QED) is 0.542. The summed E-state index contributed by atoms with van der Waals surface area (Å²) in [6.45, 7) is 0. The van der Waals surface area contributed by atoms with Crippen molar-refractivity contribution < 1.29 is 9.32 Å². The highest BCUT2D eigenvalue weighted by molar-refractivity contribution is 7.04. The number of carbonyl (C=O) groups excluding carboxylic acids is 1. The first-order chi connectivity index (χ1) is 6.35. The van der Waals surface area contributed by atoms with Crippen molar-refractivity contribution in [1.82, 2.24) is 5.16 Å². The van der Waals surface area contributed by atoms with E-state index in [1.54, 1.807) is 18.2 Å². The van der Waals surface area contributed by atoms with E-state index in [0.29, 0.717) is 17.0 Å². The second-order valence-corrected chi connectivity index (χ2v) is 2.72. The largest absolute Gasteiger partial charge is 0.354 e. The molecule has 5 heteroatoms. The van der Waals surface area contributed by atoms with Crippen molar-refractivity contribution in [3.8, 4) is 0 Å². The zero-order valence-electron chi connectivity index (χ0n) is 6.52. The number of aldehydes is 1. The van der Waals surface area contributed by atoms with Crippen molar-refractivity contribution >= 4 is 32.1 Å². The molecule has 0 saturated carbocycles. The Labute approximate surface area is 75.8 Å². The maximum absolute atomic E-state index is 10.5. The van der Waals surface area contributed by atoms with Crippen molar-refractivity contribution in [2.75, 3.05) is 0 Å². The van der Waals surface area contributed by atoms with E-state index in [0.717, 1.165) is 11.7 Å². The highest BCUT2D eigenvalue weighted by atomic mass is 31.0. The molecular weight excluding hydrogens is 187 g/mol. The average molecular weight is 192 g/mol. The maximum Gasteiger partial charge on any atom is 0.206 e. The molecule has 1 heterocycles. The Morgan fingerprint density at radius 2 is 2.38 bits per heavy atom.